The van der Waals surface area contributed by atoms with Crippen LogP contribution in [0.25, 0.3) is 105 Å². The van der Waals surface area contributed by atoms with Crippen molar-refractivity contribution in [3.05, 3.63) is 169 Å². The highest BCUT2D eigenvalue weighted by molar-refractivity contribution is 6.23. The molecule has 0 amide bonds. The van der Waals surface area contributed by atoms with Crippen LogP contribution in [-0.2, 0) is 0 Å². The van der Waals surface area contributed by atoms with Crippen molar-refractivity contribution < 1.29 is 26.3 Å². The topological polar surface area (TPSA) is 56.7 Å². The van der Waals surface area contributed by atoms with Crippen LogP contribution in [-0.4, -0.2) is 19.5 Å². The van der Waals surface area contributed by atoms with E-state index in [0.29, 0.717) is 16.5 Å². The lowest BCUT2D eigenvalue weighted by Crippen LogP contribution is -2.06. The maximum Gasteiger partial charge on any atom is 0.238 e. The molecule has 0 aliphatic rings. The molecule has 242 valence electrons. The lowest BCUT2D eigenvalue weighted by molar-refractivity contribution is 0.669. The summed E-state index contributed by atoms with van der Waals surface area (Å²) in [7, 11) is 0. The molecule has 0 bridgehead atoms. The second-order valence-corrected chi connectivity index (χ2v) is 12.0. The van der Waals surface area contributed by atoms with Crippen LogP contribution in [0.4, 0.5) is 0 Å². The van der Waals surface area contributed by atoms with Crippen molar-refractivity contribution in [1.29, 1.82) is 0 Å². The first-order valence-corrected chi connectivity index (χ1v) is 16.2. The van der Waals surface area contributed by atoms with Gasteiger partial charge in [-0.15, -0.1) is 0 Å². The van der Waals surface area contributed by atoms with Crippen molar-refractivity contribution in [2.75, 3.05) is 0 Å². The molecule has 11 rings (SSSR count). The number of hydrogen-bond acceptors (Lipinski definition) is 4. The Bertz CT molecular complexity index is 4030. The molecule has 3 heterocycles. The molecule has 0 unspecified atom stereocenters. The summed E-state index contributed by atoms with van der Waals surface area (Å²) < 4.78 is 152. The van der Waals surface area contributed by atoms with Crippen LogP contribution < -0.4 is 0 Å². The Morgan fingerprint density at radius 2 is 1.12 bits per heavy atom. The van der Waals surface area contributed by atoms with Gasteiger partial charge in [-0.05, 0) is 68.9 Å². The molecule has 11 aromatic rings. The van der Waals surface area contributed by atoms with Crippen LogP contribution in [0.15, 0.2) is 174 Å². The Labute approximate surface area is 320 Å². The van der Waals surface area contributed by atoms with Crippen LogP contribution in [0.1, 0.15) is 21.9 Å². The smallest absolute Gasteiger partial charge is 0.238 e. The molecule has 5 heteroatoms. The molecule has 0 fully saturated rings. The van der Waals surface area contributed by atoms with E-state index in [4.69, 9.17) is 33.1 Å². The fraction of sp³-hybridized carbons (Fsp3) is 0. The summed E-state index contributed by atoms with van der Waals surface area (Å²) in [6.45, 7) is 0. The lowest BCUT2D eigenvalue weighted by atomic mass is 9.92. The van der Waals surface area contributed by atoms with Gasteiger partial charge in [0, 0.05) is 32.7 Å². The van der Waals surface area contributed by atoms with Crippen LogP contribution in [0.2, 0.25) is 0 Å². The quantitative estimate of drug-likeness (QED) is 0.186. The molecule has 8 aromatic carbocycles. The number of furan rings is 1. The predicted molar refractivity (Wildman–Crippen MR) is 213 cm³/mol. The number of aromatic nitrogens is 4. The standard InChI is InChI=1S/C47H28N4O/c1-2-14-30(15-3-1)45-48-46(50-47(49-45)51-40-23-10-8-19-35(40)36-20-9-11-24-41(36)51)31-25-26-42-39(27-31)44-37-21-7-6-18-34(37)38(28-43(44)52-42)33-22-12-16-29-13-4-5-17-32(29)33/h1-28H/i6D,7D,8D,9D,10D,11D,18D,19D,20D,21D,23D,24D,25D,26D,27D,28D. The summed E-state index contributed by atoms with van der Waals surface area (Å²) >= 11 is 0. The van der Waals surface area contributed by atoms with E-state index in [9.17, 15) is 8.22 Å². The van der Waals surface area contributed by atoms with Crippen LogP contribution in [0.3, 0.4) is 0 Å². The molecular weight excluding hydrogens is 637 g/mol. The number of hydrogen-bond donors (Lipinski definition) is 0. The first-order valence-electron chi connectivity index (χ1n) is 24.2. The second kappa shape index (κ2) is 11.2. The first kappa shape index (κ1) is 17.2. The van der Waals surface area contributed by atoms with Crippen molar-refractivity contribution in [2.24, 2.45) is 0 Å². The van der Waals surface area contributed by atoms with Gasteiger partial charge < -0.3 is 4.42 Å². The Kier molecular flexibility index (Phi) is 3.71. The van der Waals surface area contributed by atoms with Crippen LogP contribution in [0.5, 0.6) is 0 Å². The van der Waals surface area contributed by atoms with Gasteiger partial charge in [-0.2, -0.15) is 9.97 Å². The third-order valence-corrected chi connectivity index (χ3v) is 9.06. The van der Waals surface area contributed by atoms with E-state index < -0.39 is 108 Å². The lowest BCUT2D eigenvalue weighted by Gasteiger charge is -2.12. The molecule has 5 nitrogen and oxygen atoms in total. The molecule has 0 atom stereocenters. The van der Waals surface area contributed by atoms with Crippen LogP contribution >= 0.6 is 0 Å². The van der Waals surface area contributed by atoms with Gasteiger partial charge >= 0.3 is 0 Å². The highest BCUT2D eigenvalue weighted by Gasteiger charge is 2.20. The Morgan fingerprint density at radius 1 is 0.462 bits per heavy atom. The van der Waals surface area contributed by atoms with Gasteiger partial charge in [-0.25, -0.2) is 4.98 Å². The number of benzene rings is 8. The molecule has 0 spiro atoms. The predicted octanol–water partition coefficient (Wildman–Crippen LogP) is 12.2. The monoisotopic (exact) mass is 680 g/mol. The zero-order valence-corrected chi connectivity index (χ0v) is 26.6. The highest BCUT2D eigenvalue weighted by atomic mass is 16.3. The molecular formula is C47H28N4O. The van der Waals surface area contributed by atoms with Crippen LogP contribution in [0, 0.1) is 0 Å². The van der Waals surface area contributed by atoms with Gasteiger partial charge in [0.1, 0.15) is 11.2 Å². The molecule has 0 saturated carbocycles. The van der Waals surface area contributed by atoms with E-state index in [2.05, 4.69) is 0 Å². The molecule has 0 saturated heterocycles. The molecule has 3 aromatic heterocycles. The second-order valence-electron chi connectivity index (χ2n) is 12.0. The van der Waals surface area contributed by atoms with Gasteiger partial charge in [-0.1, -0.05) is 133 Å². The van der Waals surface area contributed by atoms with E-state index in [0.717, 1.165) is 9.95 Å². The van der Waals surface area contributed by atoms with E-state index >= 15 is 0 Å². The summed E-state index contributed by atoms with van der Waals surface area (Å²) in [6, 6.07) is 11.8. The van der Waals surface area contributed by atoms with Crippen molar-refractivity contribution in [3.63, 3.8) is 0 Å². The molecule has 0 N–H and O–H groups in total. The van der Waals surface area contributed by atoms with Gasteiger partial charge in [0.05, 0.1) is 33.0 Å². The largest absolute Gasteiger partial charge is 0.456 e. The number of nitrogens with zero attached hydrogens (tertiary/aromatic N) is 4. The van der Waals surface area contributed by atoms with Gasteiger partial charge in [-0.3, -0.25) is 4.57 Å². The van der Waals surface area contributed by atoms with Gasteiger partial charge in [0.25, 0.3) is 0 Å². The maximum atomic E-state index is 9.89. The Balaban J connectivity index is 1.31. The van der Waals surface area contributed by atoms with Crippen molar-refractivity contribution >= 4 is 65.3 Å². The Hall–Kier alpha value is -7.11. The zero-order valence-electron chi connectivity index (χ0n) is 42.6. The van der Waals surface area contributed by atoms with Crippen molar-refractivity contribution in [1.82, 2.24) is 19.5 Å². The summed E-state index contributed by atoms with van der Waals surface area (Å²) in [4.78, 5) is 14.1. The van der Waals surface area contributed by atoms with Crippen molar-refractivity contribution in [3.8, 4) is 39.9 Å². The first-order chi connectivity index (χ1) is 32.5. The number of rotatable bonds is 4. The number of fused-ring (bicyclic) bond motifs is 9. The van der Waals surface area contributed by atoms with E-state index in [1.165, 1.54) is 0 Å². The maximum absolute atomic E-state index is 9.89. The summed E-state index contributed by atoms with van der Waals surface area (Å²) in [5.74, 6) is -0.952. The minimum Gasteiger partial charge on any atom is -0.456 e. The minimum absolute atomic E-state index is 0.0377. The summed E-state index contributed by atoms with van der Waals surface area (Å²) in [6.07, 6.45) is 0. The average Bonchev–Trinajstić information content (AvgIpc) is 3.93. The fourth-order valence-corrected chi connectivity index (χ4v) is 6.77. The average molecular weight is 681 g/mol. The third kappa shape index (κ3) is 4.33. The normalized spacial score (nSPS) is 16.2. The molecule has 0 aliphatic heterocycles. The fourth-order valence-electron chi connectivity index (χ4n) is 6.77. The zero-order chi connectivity index (χ0) is 48.1. The minimum atomic E-state index is -0.681. The van der Waals surface area contributed by atoms with Gasteiger partial charge in [0.15, 0.2) is 11.6 Å². The van der Waals surface area contributed by atoms with Gasteiger partial charge in [0.2, 0.25) is 5.95 Å². The van der Waals surface area contributed by atoms with E-state index in [-0.39, 0.29) is 71.9 Å². The molecule has 0 aliphatic carbocycles. The summed E-state index contributed by atoms with van der Waals surface area (Å²) in [5.41, 5.74) is -0.579. The number of para-hydroxylation sites is 2. The highest BCUT2D eigenvalue weighted by Crippen LogP contribution is 2.42. The van der Waals surface area contributed by atoms with E-state index in [1.54, 1.807) is 48.5 Å². The SMILES string of the molecule is [2H]c1c(-c2nc(-c3ccccc3)nc(-n3c4c([2H])c([2H])c([2H])c([2H])c4c4c([2H])c([2H])c([2H])c([2H])c43)n2)c([2H])c2c(oc3c([2H])c(-c4cccc5ccccc45)c4c([2H])c([2H])c([2H])c([2H])c4c32)c1[2H]. The summed E-state index contributed by atoms with van der Waals surface area (Å²) in [5, 5.41) is 0.568. The Morgan fingerprint density at radius 3 is 1.90 bits per heavy atom. The van der Waals surface area contributed by atoms with Crippen molar-refractivity contribution in [2.45, 2.75) is 0 Å². The molecule has 52 heavy (non-hydrogen) atoms. The van der Waals surface area contributed by atoms with E-state index in [1.807, 2.05) is 24.3 Å². The third-order valence-electron chi connectivity index (χ3n) is 9.06. The molecule has 0 radical (unpaired) electrons.